The van der Waals surface area contributed by atoms with Crippen molar-refractivity contribution in [3.63, 3.8) is 0 Å². The fourth-order valence-electron chi connectivity index (χ4n) is 1.46. The minimum atomic E-state index is -3.81. The molecular weight excluding hydrogens is 268 g/mol. The molecule has 0 fully saturated rings. The van der Waals surface area contributed by atoms with E-state index in [-0.39, 0.29) is 11.4 Å². The lowest BCUT2D eigenvalue weighted by Crippen LogP contribution is -2.47. The molecule has 0 unspecified atom stereocenters. The summed E-state index contributed by atoms with van der Waals surface area (Å²) >= 11 is 0. The maximum atomic E-state index is 12.0. The van der Waals surface area contributed by atoms with Crippen molar-refractivity contribution in [3.8, 4) is 0 Å². The molecule has 1 aromatic carbocycles. The molecule has 0 spiro atoms. The highest BCUT2D eigenvalue weighted by Gasteiger charge is 2.24. The van der Waals surface area contributed by atoms with Crippen LogP contribution < -0.4 is 10.0 Å². The van der Waals surface area contributed by atoms with Crippen LogP contribution in [0.15, 0.2) is 35.2 Å². The highest BCUT2D eigenvalue weighted by atomic mass is 32.2. The Balaban J connectivity index is 2.76. The lowest BCUT2D eigenvalue weighted by molar-refractivity contribution is -0.138. The van der Waals surface area contributed by atoms with Crippen LogP contribution in [-0.4, -0.2) is 38.6 Å². The quantitative estimate of drug-likeness (QED) is 0.602. The first kappa shape index (κ1) is 15.6. The minimum Gasteiger partial charge on any atom is -0.480 e. The summed E-state index contributed by atoms with van der Waals surface area (Å²) in [5.74, 6) is -1.21. The Kier molecular flexibility index (Phi) is 5.94. The zero-order chi connectivity index (χ0) is 14.3. The Bertz CT molecular complexity index is 502. The predicted octanol–water partition coefficient (Wildman–Crippen LogP) is 0.418. The molecule has 0 amide bonds. The first-order valence-corrected chi connectivity index (χ1v) is 7.46. The molecular formula is C12H18N2O4S. The van der Waals surface area contributed by atoms with Crippen molar-refractivity contribution in [2.24, 2.45) is 0 Å². The van der Waals surface area contributed by atoms with Crippen molar-refractivity contribution >= 4 is 16.0 Å². The molecule has 0 bridgehead atoms. The third-order valence-electron chi connectivity index (χ3n) is 2.42. The SMILES string of the molecule is CCCNC[C@H](NS(=O)(=O)c1ccccc1)C(=O)O. The topological polar surface area (TPSA) is 95.5 Å². The van der Waals surface area contributed by atoms with Crippen molar-refractivity contribution in [1.29, 1.82) is 0 Å². The summed E-state index contributed by atoms with van der Waals surface area (Å²) in [6.07, 6.45) is 0.845. The van der Waals surface area contributed by atoms with Crippen molar-refractivity contribution in [1.82, 2.24) is 10.0 Å². The fraction of sp³-hybridized carbons (Fsp3) is 0.417. The normalized spacial score (nSPS) is 13.1. The summed E-state index contributed by atoms with van der Waals surface area (Å²) in [6, 6.07) is 6.51. The highest BCUT2D eigenvalue weighted by molar-refractivity contribution is 7.89. The molecule has 0 aliphatic heterocycles. The smallest absolute Gasteiger partial charge is 0.323 e. The van der Waals surface area contributed by atoms with E-state index in [1.807, 2.05) is 6.92 Å². The third-order valence-corrected chi connectivity index (χ3v) is 3.91. The summed E-state index contributed by atoms with van der Waals surface area (Å²) < 4.78 is 26.1. The number of hydrogen-bond donors (Lipinski definition) is 3. The number of carboxylic acids is 1. The molecule has 0 saturated carbocycles. The number of carboxylic acid groups (broad SMARTS) is 1. The summed E-state index contributed by atoms with van der Waals surface area (Å²) in [5.41, 5.74) is 0. The van der Waals surface area contributed by atoms with Crippen LogP contribution >= 0.6 is 0 Å². The summed E-state index contributed by atoms with van der Waals surface area (Å²) in [5, 5.41) is 11.9. The first-order valence-electron chi connectivity index (χ1n) is 5.98. The Morgan fingerprint density at radius 3 is 2.47 bits per heavy atom. The van der Waals surface area contributed by atoms with Gasteiger partial charge in [0.15, 0.2) is 0 Å². The van der Waals surface area contributed by atoms with Gasteiger partial charge in [-0.1, -0.05) is 25.1 Å². The average Bonchev–Trinajstić information content (AvgIpc) is 2.38. The van der Waals surface area contributed by atoms with E-state index in [2.05, 4.69) is 10.0 Å². The van der Waals surface area contributed by atoms with E-state index < -0.39 is 22.0 Å². The van der Waals surface area contributed by atoms with E-state index in [4.69, 9.17) is 5.11 Å². The second kappa shape index (κ2) is 7.22. The molecule has 0 radical (unpaired) electrons. The second-order valence-corrected chi connectivity index (χ2v) is 5.74. The van der Waals surface area contributed by atoms with Crippen molar-refractivity contribution < 1.29 is 18.3 Å². The molecule has 7 heteroatoms. The highest BCUT2D eigenvalue weighted by Crippen LogP contribution is 2.07. The van der Waals surface area contributed by atoms with Crippen LogP contribution in [0.3, 0.4) is 0 Å². The van der Waals surface area contributed by atoms with E-state index in [1.54, 1.807) is 18.2 Å². The Morgan fingerprint density at radius 1 is 1.32 bits per heavy atom. The largest absolute Gasteiger partial charge is 0.480 e. The van der Waals surface area contributed by atoms with E-state index >= 15 is 0 Å². The Morgan fingerprint density at radius 2 is 1.95 bits per heavy atom. The van der Waals surface area contributed by atoms with Gasteiger partial charge in [0.25, 0.3) is 0 Å². The van der Waals surface area contributed by atoms with E-state index in [9.17, 15) is 13.2 Å². The molecule has 6 nitrogen and oxygen atoms in total. The van der Waals surface area contributed by atoms with E-state index in [0.717, 1.165) is 6.42 Å². The number of benzene rings is 1. The molecule has 0 saturated heterocycles. The molecule has 1 aromatic rings. The number of rotatable bonds is 8. The zero-order valence-electron chi connectivity index (χ0n) is 10.7. The van der Waals surface area contributed by atoms with Gasteiger partial charge < -0.3 is 10.4 Å². The van der Waals surface area contributed by atoms with Gasteiger partial charge in [-0.15, -0.1) is 0 Å². The van der Waals surface area contributed by atoms with Crippen LogP contribution in [0.2, 0.25) is 0 Å². The monoisotopic (exact) mass is 286 g/mol. The summed E-state index contributed by atoms with van der Waals surface area (Å²) in [6.45, 7) is 2.63. The average molecular weight is 286 g/mol. The fourth-order valence-corrected chi connectivity index (χ4v) is 2.67. The van der Waals surface area contributed by atoms with Crippen LogP contribution in [0, 0.1) is 0 Å². The van der Waals surface area contributed by atoms with E-state index in [1.165, 1.54) is 12.1 Å². The first-order chi connectivity index (χ1) is 8.97. The van der Waals surface area contributed by atoms with Crippen LogP contribution in [0.4, 0.5) is 0 Å². The number of hydrogen-bond acceptors (Lipinski definition) is 4. The van der Waals surface area contributed by atoms with Crippen LogP contribution in [0.1, 0.15) is 13.3 Å². The molecule has 1 atom stereocenters. The molecule has 1 rings (SSSR count). The summed E-state index contributed by atoms with van der Waals surface area (Å²) in [4.78, 5) is 11.1. The lowest BCUT2D eigenvalue weighted by atomic mass is 10.3. The second-order valence-electron chi connectivity index (χ2n) is 4.03. The van der Waals surface area contributed by atoms with Gasteiger partial charge in [0.05, 0.1) is 4.90 Å². The summed E-state index contributed by atoms with van der Waals surface area (Å²) in [7, 11) is -3.81. The number of aliphatic carboxylic acids is 1. The number of sulfonamides is 1. The molecule has 0 aliphatic carbocycles. The van der Waals surface area contributed by atoms with E-state index in [0.29, 0.717) is 6.54 Å². The predicted molar refractivity (Wildman–Crippen MR) is 71.3 cm³/mol. The Labute approximate surface area is 112 Å². The third kappa shape index (κ3) is 4.98. The van der Waals surface area contributed by atoms with Crippen molar-refractivity contribution in [2.75, 3.05) is 13.1 Å². The molecule has 0 aliphatic rings. The van der Waals surface area contributed by atoms with Gasteiger partial charge in [0.2, 0.25) is 10.0 Å². The van der Waals surface area contributed by atoms with Crippen LogP contribution in [0.25, 0.3) is 0 Å². The van der Waals surface area contributed by atoms with Gasteiger partial charge in [-0.3, -0.25) is 4.79 Å². The van der Waals surface area contributed by atoms with Gasteiger partial charge in [0.1, 0.15) is 6.04 Å². The molecule has 106 valence electrons. The standard InChI is InChI=1S/C12H18N2O4S/c1-2-8-13-9-11(12(15)16)14-19(17,18)10-6-4-3-5-7-10/h3-7,11,13-14H,2,8-9H2,1H3,(H,15,16)/t11-/m0/s1. The van der Waals surface area contributed by atoms with Crippen LogP contribution in [0.5, 0.6) is 0 Å². The number of carbonyl (C=O) groups is 1. The Hall–Kier alpha value is -1.44. The van der Waals surface area contributed by atoms with Crippen LogP contribution in [-0.2, 0) is 14.8 Å². The van der Waals surface area contributed by atoms with Gasteiger partial charge >= 0.3 is 5.97 Å². The maximum absolute atomic E-state index is 12.0. The molecule has 0 aromatic heterocycles. The van der Waals surface area contributed by atoms with Crippen molar-refractivity contribution in [3.05, 3.63) is 30.3 Å². The van der Waals surface area contributed by atoms with Crippen molar-refractivity contribution in [2.45, 2.75) is 24.3 Å². The van der Waals surface area contributed by atoms with Gasteiger partial charge in [-0.05, 0) is 25.1 Å². The minimum absolute atomic E-state index is 0.0508. The van der Waals surface area contributed by atoms with Gasteiger partial charge in [0, 0.05) is 6.54 Å². The van der Waals surface area contributed by atoms with Gasteiger partial charge in [-0.2, -0.15) is 4.72 Å². The molecule has 19 heavy (non-hydrogen) atoms. The number of nitrogens with one attached hydrogen (secondary N) is 2. The molecule has 3 N–H and O–H groups in total. The molecule has 0 heterocycles. The maximum Gasteiger partial charge on any atom is 0.323 e. The lowest BCUT2D eigenvalue weighted by Gasteiger charge is -2.15. The zero-order valence-corrected chi connectivity index (χ0v) is 11.5. The van der Waals surface area contributed by atoms with Gasteiger partial charge in [-0.25, -0.2) is 8.42 Å².